The Hall–Kier alpha value is -5.07. The fourth-order valence-corrected chi connectivity index (χ4v) is 12.1. The molecule has 6 unspecified atom stereocenters. The van der Waals surface area contributed by atoms with Gasteiger partial charge in [0.2, 0.25) is 0 Å². The first-order chi connectivity index (χ1) is 34.3. The molecule has 0 spiro atoms. The molecule has 0 saturated heterocycles. The number of aromatic hydroxyl groups is 2. The molecular formula is C56H73N5O10. The second kappa shape index (κ2) is 21.6. The van der Waals surface area contributed by atoms with Gasteiger partial charge in [-0.05, 0) is 152 Å². The van der Waals surface area contributed by atoms with E-state index in [0.717, 1.165) is 55.1 Å². The smallest absolute Gasteiger partial charge is 0.161 e. The van der Waals surface area contributed by atoms with Gasteiger partial charge in [-0.2, -0.15) is 0 Å². The third kappa shape index (κ3) is 10.1. The van der Waals surface area contributed by atoms with Crippen molar-refractivity contribution in [2.24, 2.45) is 10.9 Å². The van der Waals surface area contributed by atoms with Crippen molar-refractivity contribution in [3.8, 4) is 39.9 Å². The molecule has 4 aromatic carbocycles. The van der Waals surface area contributed by atoms with Crippen LogP contribution in [-0.2, 0) is 30.4 Å². The van der Waals surface area contributed by atoms with Crippen molar-refractivity contribution in [1.29, 1.82) is 0 Å². The molecule has 10 N–H and O–H groups in total. The third-order valence-corrected chi connectivity index (χ3v) is 14.9. The number of ether oxygens (including phenoxy) is 4. The molecule has 0 amide bonds. The lowest BCUT2D eigenvalue weighted by molar-refractivity contribution is -0.129. The van der Waals surface area contributed by atoms with Gasteiger partial charge < -0.3 is 65.5 Å². The van der Waals surface area contributed by atoms with Gasteiger partial charge in [0.05, 0.1) is 37.4 Å². The SMILES string of the molecule is CNCOC1(CNCNCC(C)(O)CC(C)C)Cc2c3c(c4c(c2OC1c1cc(CCCO)c(O)c(OCCO)c1)CCC(CO)O4)-c1ccc(O)c2c1C(C3)C(c1ccc3c(c1)=CCN=3)C(CNC)=C2. The minimum Gasteiger partial charge on any atom is -0.507 e. The quantitative estimate of drug-likeness (QED) is 0.0401. The van der Waals surface area contributed by atoms with Crippen molar-refractivity contribution in [2.45, 2.75) is 101 Å². The fraction of sp³-hybridized carbons (Fsp3) is 0.518. The van der Waals surface area contributed by atoms with Crippen molar-refractivity contribution in [3.63, 3.8) is 0 Å². The molecule has 0 saturated carbocycles. The van der Waals surface area contributed by atoms with Crippen LogP contribution in [0.5, 0.6) is 28.7 Å². The number of fused-ring (bicyclic) bond motifs is 8. The number of hydrogen-bond donors (Lipinski definition) is 10. The number of aliphatic hydroxyl groups is 4. The maximum Gasteiger partial charge on any atom is 0.161 e. The average molecular weight is 976 g/mol. The van der Waals surface area contributed by atoms with Crippen LogP contribution >= 0.6 is 0 Å². The molecule has 0 fully saturated rings. The van der Waals surface area contributed by atoms with Crippen LogP contribution in [0.1, 0.15) is 102 Å². The highest BCUT2D eigenvalue weighted by atomic mass is 16.6. The zero-order valence-corrected chi connectivity index (χ0v) is 41.9. The summed E-state index contributed by atoms with van der Waals surface area (Å²) in [6, 6.07) is 14.1. The molecule has 2 aliphatic carbocycles. The Morgan fingerprint density at radius 1 is 0.944 bits per heavy atom. The van der Waals surface area contributed by atoms with E-state index in [1.807, 2.05) is 33.2 Å². The van der Waals surface area contributed by atoms with E-state index in [9.17, 15) is 30.6 Å². The van der Waals surface area contributed by atoms with E-state index in [4.69, 9.17) is 23.9 Å². The maximum atomic E-state index is 11.7. The van der Waals surface area contributed by atoms with Crippen LogP contribution in [0.4, 0.5) is 0 Å². The van der Waals surface area contributed by atoms with Crippen molar-refractivity contribution < 1.29 is 49.6 Å². The Kier molecular flexibility index (Phi) is 15.4. The lowest BCUT2D eigenvalue weighted by Crippen LogP contribution is -2.56. The number of phenols is 2. The van der Waals surface area contributed by atoms with Crippen LogP contribution in [0, 0.1) is 5.92 Å². The number of nitrogens with zero attached hydrogens (tertiary/aromatic N) is 1. The molecular weight excluding hydrogens is 903 g/mol. The number of aryl methyl sites for hydroxylation is 1. The predicted molar refractivity (Wildman–Crippen MR) is 273 cm³/mol. The molecule has 4 aromatic rings. The van der Waals surface area contributed by atoms with Crippen LogP contribution in [0.2, 0.25) is 0 Å². The topological polar surface area (TPSA) is 219 Å². The first kappa shape index (κ1) is 50.9. The number of likely N-dealkylation sites (N-methyl/N-ethyl adjacent to an activating group) is 1. The normalized spacial score (nSPS) is 22.4. The van der Waals surface area contributed by atoms with E-state index in [0.29, 0.717) is 106 Å². The Morgan fingerprint density at radius 3 is 2.55 bits per heavy atom. The molecule has 15 nitrogen and oxygen atoms in total. The first-order valence-electron chi connectivity index (χ1n) is 25.5. The van der Waals surface area contributed by atoms with Gasteiger partial charge >= 0.3 is 0 Å². The molecule has 0 aromatic heterocycles. The van der Waals surface area contributed by atoms with Crippen molar-refractivity contribution in [1.82, 2.24) is 21.3 Å². The number of benzene rings is 4. The van der Waals surface area contributed by atoms with E-state index in [-0.39, 0.29) is 62.2 Å². The van der Waals surface area contributed by atoms with Crippen LogP contribution in [-0.4, -0.2) is 128 Å². The number of phenolic OH excluding ortho intramolecular Hbond substituents is 2. The summed E-state index contributed by atoms with van der Waals surface area (Å²) in [6.07, 6.45) is 6.60. The molecule has 5 aliphatic rings. The summed E-state index contributed by atoms with van der Waals surface area (Å²) in [5.74, 6) is 1.87. The van der Waals surface area contributed by atoms with E-state index in [1.54, 1.807) is 12.1 Å². The fourth-order valence-electron chi connectivity index (χ4n) is 12.1. The average Bonchev–Trinajstić information content (AvgIpc) is 3.83. The third-order valence-electron chi connectivity index (χ3n) is 14.9. The van der Waals surface area contributed by atoms with Gasteiger partial charge in [0.1, 0.15) is 35.6 Å². The Bertz CT molecular complexity index is 2730. The van der Waals surface area contributed by atoms with Crippen molar-refractivity contribution in [3.05, 3.63) is 103 Å². The summed E-state index contributed by atoms with van der Waals surface area (Å²) in [6.45, 7) is 7.96. The highest BCUT2D eigenvalue weighted by Gasteiger charge is 2.51. The largest absolute Gasteiger partial charge is 0.507 e. The highest BCUT2D eigenvalue weighted by Crippen LogP contribution is 2.61. The second-order valence-electron chi connectivity index (χ2n) is 20.7. The van der Waals surface area contributed by atoms with Gasteiger partial charge in [-0.3, -0.25) is 10.3 Å². The molecule has 15 heteroatoms. The van der Waals surface area contributed by atoms with Crippen LogP contribution in [0.15, 0.2) is 53.0 Å². The van der Waals surface area contributed by atoms with Crippen LogP contribution < -0.4 is 46.1 Å². The Balaban J connectivity index is 1.25. The summed E-state index contributed by atoms with van der Waals surface area (Å²) < 4.78 is 27.7. The molecule has 6 atom stereocenters. The number of aliphatic hydroxyl groups excluding tert-OH is 3. The summed E-state index contributed by atoms with van der Waals surface area (Å²) >= 11 is 0. The van der Waals surface area contributed by atoms with Gasteiger partial charge in [-0.15, -0.1) is 0 Å². The summed E-state index contributed by atoms with van der Waals surface area (Å²) in [7, 11) is 3.79. The van der Waals surface area contributed by atoms with E-state index < -0.39 is 23.4 Å². The Morgan fingerprint density at radius 2 is 1.79 bits per heavy atom. The minimum atomic E-state index is -1.12. The van der Waals surface area contributed by atoms with Crippen LogP contribution in [0.3, 0.4) is 0 Å². The minimum absolute atomic E-state index is 0.0452. The summed E-state index contributed by atoms with van der Waals surface area (Å²) in [5, 5.41) is 80.7. The number of rotatable bonds is 22. The van der Waals surface area contributed by atoms with E-state index in [2.05, 4.69) is 65.5 Å². The molecule has 71 heavy (non-hydrogen) atoms. The lowest BCUT2D eigenvalue weighted by Gasteiger charge is -2.48. The number of hydrogen-bond acceptors (Lipinski definition) is 15. The maximum absolute atomic E-state index is 11.7. The van der Waals surface area contributed by atoms with Gasteiger partial charge in [0.25, 0.3) is 0 Å². The van der Waals surface area contributed by atoms with Crippen LogP contribution in [0.25, 0.3) is 23.3 Å². The van der Waals surface area contributed by atoms with Gasteiger partial charge in [-0.1, -0.05) is 32.1 Å². The molecule has 0 radical (unpaired) electrons. The monoisotopic (exact) mass is 976 g/mol. The zero-order chi connectivity index (χ0) is 50.0. The standard InChI is InChI=1S/C56H73N5O10/c1-32(2)24-55(3,67)28-59-30-60-29-56(69-31-58-5)25-44-41-23-43-48(34-8-12-45-33(19-34)14-15-61-45)37(26-57-4)21-42-46(65)13-11-39(49(42)43)50(41)53-40(10-9-38(27-64)70-53)52(44)71-54(56)36-20-35(7-6-16-62)51(66)47(22-36)68-18-17-63/h8,11-14,19-22,32,38,43,48,54,57-60,62-67H,6-7,9-10,15-18,23-31H2,1-5H3. The van der Waals surface area contributed by atoms with Crippen molar-refractivity contribution in [2.75, 3.05) is 80.1 Å². The molecule has 0 bridgehead atoms. The number of nitrogens with one attached hydrogen (secondary N) is 4. The zero-order valence-electron chi connectivity index (χ0n) is 41.9. The highest BCUT2D eigenvalue weighted by molar-refractivity contribution is 5.89. The van der Waals surface area contributed by atoms with E-state index >= 15 is 0 Å². The summed E-state index contributed by atoms with van der Waals surface area (Å²) in [5.41, 5.74) is 8.28. The molecule has 3 heterocycles. The summed E-state index contributed by atoms with van der Waals surface area (Å²) in [4.78, 5) is 4.70. The predicted octanol–water partition coefficient (Wildman–Crippen LogP) is 3.74. The van der Waals surface area contributed by atoms with Gasteiger partial charge in [0, 0.05) is 67.5 Å². The molecule has 9 rings (SSSR count). The first-order valence-corrected chi connectivity index (χ1v) is 25.5. The Labute approximate surface area is 416 Å². The lowest BCUT2D eigenvalue weighted by atomic mass is 9.62. The molecule has 3 aliphatic heterocycles. The van der Waals surface area contributed by atoms with Gasteiger partial charge in [-0.25, -0.2) is 0 Å². The second-order valence-corrected chi connectivity index (χ2v) is 20.7. The van der Waals surface area contributed by atoms with E-state index in [1.165, 1.54) is 5.56 Å². The molecule has 382 valence electrons. The van der Waals surface area contributed by atoms with Crippen molar-refractivity contribution >= 4 is 12.2 Å². The van der Waals surface area contributed by atoms with Gasteiger partial charge in [0.15, 0.2) is 17.6 Å².